The van der Waals surface area contributed by atoms with Gasteiger partial charge >= 0.3 is 0 Å². The predicted molar refractivity (Wildman–Crippen MR) is 253 cm³/mol. The van der Waals surface area contributed by atoms with Crippen LogP contribution in [-0.2, 0) is 0 Å². The summed E-state index contributed by atoms with van der Waals surface area (Å²) in [6, 6.07) is 80.4. The van der Waals surface area contributed by atoms with E-state index < -0.39 is 0 Å². The molecule has 2 heteroatoms. The summed E-state index contributed by atoms with van der Waals surface area (Å²) >= 11 is 0. The second kappa shape index (κ2) is 12.8. The summed E-state index contributed by atoms with van der Waals surface area (Å²) in [5.74, 6) is 0. The molecule has 0 aliphatic heterocycles. The molecule has 0 atom stereocenters. The van der Waals surface area contributed by atoms with Crippen LogP contribution in [-0.4, -0.2) is 9.13 Å². The molecular weight excluding hydrogens is 725 g/mol. The van der Waals surface area contributed by atoms with E-state index in [1.54, 1.807) is 0 Å². The van der Waals surface area contributed by atoms with E-state index in [1.807, 2.05) is 0 Å². The average Bonchev–Trinajstić information content (AvgIpc) is 3.96. The molecule has 1 aliphatic rings. The lowest BCUT2D eigenvalue weighted by Crippen LogP contribution is -1.95. The maximum Gasteiger partial charge on any atom is 0.0553 e. The molecule has 278 valence electrons. The van der Waals surface area contributed by atoms with Crippen LogP contribution in [0.25, 0.3) is 121 Å². The van der Waals surface area contributed by atoms with E-state index in [4.69, 9.17) is 0 Å². The molecule has 0 fully saturated rings. The summed E-state index contributed by atoms with van der Waals surface area (Å²) in [5.41, 5.74) is 19.7. The van der Waals surface area contributed by atoms with Gasteiger partial charge < -0.3 is 9.13 Å². The third-order valence-corrected chi connectivity index (χ3v) is 12.8. The second-order valence-electron chi connectivity index (χ2n) is 16.1. The number of para-hydroxylation sites is 1. The van der Waals surface area contributed by atoms with Gasteiger partial charge in [0.2, 0.25) is 0 Å². The lowest BCUT2D eigenvalue weighted by atomic mass is 9.96. The summed E-state index contributed by atoms with van der Waals surface area (Å²) in [5, 5.41) is 7.70. The van der Waals surface area contributed by atoms with Crippen molar-refractivity contribution in [3.63, 3.8) is 0 Å². The molecule has 60 heavy (non-hydrogen) atoms. The van der Waals surface area contributed by atoms with Gasteiger partial charge in [0.15, 0.2) is 0 Å². The SMILES string of the molecule is c1ccc(-c2ccc(-n3c4ccccc4c4cc(-c5ccc6c(c5)c5c7cccc8c7c(cc5n6-c5cccc(-c6ccccc6)c5)-c5ccccc5-8)ccc43)cc2)cc1. The zero-order valence-electron chi connectivity index (χ0n) is 32.7. The summed E-state index contributed by atoms with van der Waals surface area (Å²) in [7, 11) is 0. The minimum absolute atomic E-state index is 1.16. The van der Waals surface area contributed by atoms with Crippen molar-refractivity contribution in [3.05, 3.63) is 218 Å². The highest BCUT2D eigenvalue weighted by Crippen LogP contribution is 2.51. The van der Waals surface area contributed by atoms with Crippen molar-refractivity contribution in [2.75, 3.05) is 0 Å². The Hall–Kier alpha value is -7.94. The summed E-state index contributed by atoms with van der Waals surface area (Å²) in [4.78, 5) is 0. The van der Waals surface area contributed by atoms with Crippen molar-refractivity contribution in [3.8, 4) is 67.0 Å². The molecule has 13 rings (SSSR count). The zero-order chi connectivity index (χ0) is 39.3. The molecule has 2 heterocycles. The molecule has 1 aliphatic carbocycles. The van der Waals surface area contributed by atoms with E-state index in [1.165, 1.54) is 110 Å². The van der Waals surface area contributed by atoms with Gasteiger partial charge in [0.05, 0.1) is 22.1 Å². The molecular formula is C58H36N2. The first-order chi connectivity index (χ1) is 29.8. The molecule has 10 aromatic carbocycles. The molecule has 0 saturated heterocycles. The topological polar surface area (TPSA) is 9.86 Å². The van der Waals surface area contributed by atoms with Gasteiger partial charge in [-0.3, -0.25) is 0 Å². The Labute approximate surface area is 347 Å². The van der Waals surface area contributed by atoms with Gasteiger partial charge in [-0.05, 0) is 127 Å². The van der Waals surface area contributed by atoms with Crippen molar-refractivity contribution in [1.82, 2.24) is 9.13 Å². The van der Waals surface area contributed by atoms with Gasteiger partial charge in [0.25, 0.3) is 0 Å². The molecule has 0 spiro atoms. The van der Waals surface area contributed by atoms with Crippen LogP contribution in [0.2, 0.25) is 0 Å². The van der Waals surface area contributed by atoms with Gasteiger partial charge in [-0.1, -0.05) is 158 Å². The average molecular weight is 761 g/mol. The summed E-state index contributed by atoms with van der Waals surface area (Å²) < 4.78 is 4.90. The normalized spacial score (nSPS) is 12.0. The molecule has 2 nitrogen and oxygen atoms in total. The Morgan fingerprint density at radius 2 is 0.717 bits per heavy atom. The number of nitrogens with zero attached hydrogens (tertiary/aromatic N) is 2. The van der Waals surface area contributed by atoms with Crippen molar-refractivity contribution >= 4 is 54.4 Å². The van der Waals surface area contributed by atoms with Crippen LogP contribution in [0.4, 0.5) is 0 Å². The first-order valence-electron chi connectivity index (χ1n) is 20.8. The molecule has 0 N–H and O–H groups in total. The van der Waals surface area contributed by atoms with Gasteiger partial charge in [-0.2, -0.15) is 0 Å². The molecule has 0 bridgehead atoms. The molecule has 0 amide bonds. The number of fused-ring (bicyclic) bond motifs is 10. The minimum atomic E-state index is 1.16. The number of rotatable bonds is 5. The fourth-order valence-corrected chi connectivity index (χ4v) is 10.2. The lowest BCUT2D eigenvalue weighted by Gasteiger charge is -2.12. The van der Waals surface area contributed by atoms with Crippen LogP contribution < -0.4 is 0 Å². The number of aromatic nitrogens is 2. The van der Waals surface area contributed by atoms with Crippen LogP contribution >= 0.6 is 0 Å². The monoisotopic (exact) mass is 760 g/mol. The van der Waals surface area contributed by atoms with E-state index >= 15 is 0 Å². The van der Waals surface area contributed by atoms with E-state index in [0.29, 0.717) is 0 Å². The predicted octanol–water partition coefficient (Wildman–Crippen LogP) is 15.7. The standard InChI is InChI=1S/C58H36N2/c1-3-13-37(14-4-1)39-25-29-43(30-26-39)59-53-24-10-9-21-47(53)50-34-41(27-31-54(50)59)42-28-32-55-52(35-42)58-49-23-12-22-48-45-19-7-8-20-46(45)51(57(48)49)36-56(58)60(55)44-18-11-17-40(33-44)38-15-5-2-6-16-38/h1-36H. The lowest BCUT2D eigenvalue weighted by molar-refractivity contribution is 1.18. The first kappa shape index (κ1) is 33.1. The highest BCUT2D eigenvalue weighted by Gasteiger charge is 2.26. The van der Waals surface area contributed by atoms with Crippen molar-refractivity contribution in [2.24, 2.45) is 0 Å². The van der Waals surface area contributed by atoms with Crippen LogP contribution in [0.15, 0.2) is 218 Å². The largest absolute Gasteiger partial charge is 0.309 e. The Kier molecular flexibility index (Phi) is 7.05. The maximum absolute atomic E-state index is 2.49. The van der Waals surface area contributed by atoms with Gasteiger partial charge in [0, 0.05) is 32.9 Å². The van der Waals surface area contributed by atoms with E-state index in [0.717, 1.165) is 11.4 Å². The van der Waals surface area contributed by atoms with Crippen molar-refractivity contribution in [2.45, 2.75) is 0 Å². The van der Waals surface area contributed by atoms with Gasteiger partial charge in [0.1, 0.15) is 0 Å². The van der Waals surface area contributed by atoms with Crippen LogP contribution in [0, 0.1) is 0 Å². The van der Waals surface area contributed by atoms with Crippen LogP contribution in [0.5, 0.6) is 0 Å². The van der Waals surface area contributed by atoms with Crippen molar-refractivity contribution in [1.29, 1.82) is 0 Å². The number of benzene rings is 10. The molecule has 2 aromatic heterocycles. The van der Waals surface area contributed by atoms with E-state index in [-0.39, 0.29) is 0 Å². The van der Waals surface area contributed by atoms with Gasteiger partial charge in [-0.25, -0.2) is 0 Å². The highest BCUT2D eigenvalue weighted by atomic mass is 15.0. The first-order valence-corrected chi connectivity index (χ1v) is 20.8. The minimum Gasteiger partial charge on any atom is -0.309 e. The fourth-order valence-electron chi connectivity index (χ4n) is 10.2. The molecule has 12 aromatic rings. The molecule has 0 unspecified atom stereocenters. The quantitative estimate of drug-likeness (QED) is 0.165. The third kappa shape index (κ3) is 4.82. The Morgan fingerprint density at radius 3 is 1.48 bits per heavy atom. The number of hydrogen-bond donors (Lipinski definition) is 0. The maximum atomic E-state index is 2.49. The third-order valence-electron chi connectivity index (χ3n) is 12.8. The smallest absolute Gasteiger partial charge is 0.0553 e. The Morgan fingerprint density at radius 1 is 0.217 bits per heavy atom. The van der Waals surface area contributed by atoms with Crippen LogP contribution in [0.1, 0.15) is 0 Å². The van der Waals surface area contributed by atoms with Gasteiger partial charge in [-0.15, -0.1) is 0 Å². The van der Waals surface area contributed by atoms with E-state index in [2.05, 4.69) is 228 Å². The second-order valence-corrected chi connectivity index (χ2v) is 16.1. The Bertz CT molecular complexity index is 3680. The van der Waals surface area contributed by atoms with Crippen LogP contribution in [0.3, 0.4) is 0 Å². The fraction of sp³-hybridized carbons (Fsp3) is 0. The Balaban J connectivity index is 1.03. The van der Waals surface area contributed by atoms with Crippen molar-refractivity contribution < 1.29 is 0 Å². The number of hydrogen-bond acceptors (Lipinski definition) is 0. The van der Waals surface area contributed by atoms with E-state index in [9.17, 15) is 0 Å². The summed E-state index contributed by atoms with van der Waals surface area (Å²) in [6.45, 7) is 0. The zero-order valence-corrected chi connectivity index (χ0v) is 32.7. The summed E-state index contributed by atoms with van der Waals surface area (Å²) in [6.07, 6.45) is 0. The molecule has 0 saturated carbocycles. The molecule has 0 radical (unpaired) electrons. The highest BCUT2D eigenvalue weighted by molar-refractivity contribution is 6.29.